The molecular formula is C37H52N22O7. The fraction of sp³-hybridized carbons (Fsp3) is 0.243. The SMILES string of the molecule is CN(C)c1ccc(C=CCN(c2ncccn2)C(O)C(=O)NC(C(=O)NC(N=C(N)N)C(=O)NC(N=C(N)N)C(=O)NC(N=C(N)N)C(=O)NC(N=C(N)N)C(N)=O)c2ccccc2)cc1. The van der Waals surface area contributed by atoms with Crippen molar-refractivity contribution in [2.24, 2.45) is 71.6 Å². The van der Waals surface area contributed by atoms with Crippen molar-refractivity contribution >= 4 is 77.0 Å². The molecule has 66 heavy (non-hydrogen) atoms. The summed E-state index contributed by atoms with van der Waals surface area (Å²) in [5.74, 6) is -10.4. The average molecular weight is 917 g/mol. The number of aromatic nitrogens is 2. The Morgan fingerprint density at radius 1 is 0.591 bits per heavy atom. The zero-order valence-electron chi connectivity index (χ0n) is 35.4. The van der Waals surface area contributed by atoms with Gasteiger partial charge in [0.2, 0.25) is 42.7 Å². The number of nitrogens with zero attached hydrogens (tertiary/aromatic N) is 8. The number of primary amides is 1. The van der Waals surface area contributed by atoms with Gasteiger partial charge in [-0.05, 0) is 29.3 Å². The molecule has 1 aromatic heterocycles. The lowest BCUT2D eigenvalue weighted by atomic mass is 10.1. The molecule has 2 aromatic carbocycles. The minimum Gasteiger partial charge on any atom is -0.378 e. The van der Waals surface area contributed by atoms with E-state index in [1.807, 2.05) is 53.9 Å². The zero-order valence-corrected chi connectivity index (χ0v) is 35.4. The third-order valence-corrected chi connectivity index (χ3v) is 8.29. The van der Waals surface area contributed by atoms with Gasteiger partial charge in [0.25, 0.3) is 29.5 Å². The lowest BCUT2D eigenvalue weighted by molar-refractivity contribution is -0.136. The Morgan fingerprint density at radius 2 is 1.03 bits per heavy atom. The Labute approximate surface area is 376 Å². The molecule has 6 amide bonds. The fourth-order valence-electron chi connectivity index (χ4n) is 5.31. The molecule has 6 unspecified atom stereocenters. The van der Waals surface area contributed by atoms with E-state index in [1.165, 1.54) is 30.6 Å². The van der Waals surface area contributed by atoms with E-state index in [0.29, 0.717) is 0 Å². The third-order valence-electron chi connectivity index (χ3n) is 8.29. The Morgan fingerprint density at radius 3 is 1.47 bits per heavy atom. The van der Waals surface area contributed by atoms with Crippen molar-refractivity contribution in [3.8, 4) is 0 Å². The molecule has 0 saturated heterocycles. The Kier molecular flexibility index (Phi) is 18.9. The molecule has 24 N–H and O–H groups in total. The molecule has 3 rings (SSSR count). The molecule has 0 aliphatic rings. The van der Waals surface area contributed by atoms with Crippen molar-refractivity contribution in [3.63, 3.8) is 0 Å². The van der Waals surface area contributed by atoms with Crippen LogP contribution in [0.1, 0.15) is 17.2 Å². The van der Waals surface area contributed by atoms with E-state index in [9.17, 15) is 33.9 Å². The monoisotopic (exact) mass is 916 g/mol. The molecule has 1 heterocycles. The van der Waals surface area contributed by atoms with Crippen LogP contribution in [0, 0.1) is 0 Å². The maximum absolute atomic E-state index is 14.1. The van der Waals surface area contributed by atoms with Crippen LogP contribution in [0.2, 0.25) is 0 Å². The molecule has 6 atom stereocenters. The van der Waals surface area contributed by atoms with E-state index < -0.39 is 96.2 Å². The topological polar surface area (TPSA) is 499 Å². The van der Waals surface area contributed by atoms with Gasteiger partial charge in [-0.15, -0.1) is 0 Å². The minimum absolute atomic E-state index is 0.0385. The molecule has 29 nitrogen and oxygen atoms in total. The van der Waals surface area contributed by atoms with Crippen LogP contribution in [0.4, 0.5) is 11.6 Å². The largest absolute Gasteiger partial charge is 0.378 e. The number of hydrogen-bond acceptors (Lipinski definition) is 15. The number of aliphatic hydroxyl groups is 1. The minimum atomic E-state index is -2.14. The van der Waals surface area contributed by atoms with Gasteiger partial charge in [0, 0.05) is 38.7 Å². The van der Waals surface area contributed by atoms with Crippen LogP contribution in [0.25, 0.3) is 6.08 Å². The number of nitrogens with two attached hydrogens (primary N) is 9. The number of nitrogens with one attached hydrogen (secondary N) is 5. The average Bonchev–Trinajstić information content (AvgIpc) is 3.25. The second-order valence-corrected chi connectivity index (χ2v) is 13.6. The summed E-state index contributed by atoms with van der Waals surface area (Å²) in [7, 11) is 3.81. The predicted octanol–water partition coefficient (Wildman–Crippen LogP) is -7.41. The van der Waals surface area contributed by atoms with Crippen molar-refractivity contribution in [2.75, 3.05) is 30.4 Å². The molecule has 0 aliphatic heterocycles. The summed E-state index contributed by atoms with van der Waals surface area (Å²) in [6.45, 7) is -0.0866. The number of benzene rings is 2. The van der Waals surface area contributed by atoms with Gasteiger partial charge in [-0.2, -0.15) is 0 Å². The standard InChI is InChI=1S/C37H52N22O7/c1-58(2)20-13-11-18(12-14-20)8-6-17-59(37-47-15-7-16-48-37)32(66)31(65)49-21(19-9-4-3-5-10-19)27(61)51-24(55-34(41)42)29(63)53-26(57-36(45)46)30(64)52-25(56-35(43)44)28(62)50-23(22(38)60)54-33(39)40/h3-16,21,23-26,32,66H,17H2,1-2H3,(H2,38,60)(H,49,65)(H,50,62)(H,51,61)(H,52,64)(H,53,63)(H4,39,40,54)(H4,41,42,55)(H4,43,44,56)(H4,45,46,57). The maximum Gasteiger partial charge on any atom is 0.271 e. The van der Waals surface area contributed by atoms with Crippen LogP contribution in [0.3, 0.4) is 0 Å². The van der Waals surface area contributed by atoms with Gasteiger partial charge in [-0.25, -0.2) is 29.9 Å². The van der Waals surface area contributed by atoms with E-state index >= 15 is 0 Å². The highest BCUT2D eigenvalue weighted by molar-refractivity contribution is 5.99. The number of carbonyl (C=O) groups excluding carboxylic acids is 6. The lowest BCUT2D eigenvalue weighted by Gasteiger charge is -2.28. The number of guanidine groups is 4. The molecule has 0 bridgehead atoms. The Hall–Kier alpha value is -9.28. The molecule has 3 aromatic rings. The first-order valence-corrected chi connectivity index (χ1v) is 19.0. The first-order valence-electron chi connectivity index (χ1n) is 19.0. The number of anilines is 2. The van der Waals surface area contributed by atoms with Gasteiger partial charge in [0.1, 0.15) is 6.04 Å². The quantitative estimate of drug-likeness (QED) is 0.0253. The summed E-state index contributed by atoms with van der Waals surface area (Å²) in [5, 5.41) is 22.3. The van der Waals surface area contributed by atoms with Crippen molar-refractivity contribution in [1.82, 2.24) is 36.6 Å². The fourth-order valence-corrected chi connectivity index (χ4v) is 5.31. The van der Waals surface area contributed by atoms with E-state index in [0.717, 1.165) is 16.2 Å². The lowest BCUT2D eigenvalue weighted by Crippen LogP contribution is -2.58. The van der Waals surface area contributed by atoms with Crippen LogP contribution in [0.15, 0.2) is 99.1 Å². The van der Waals surface area contributed by atoms with Crippen LogP contribution in [-0.4, -0.2) is 126 Å². The molecular weight excluding hydrogens is 865 g/mol. The van der Waals surface area contributed by atoms with Gasteiger partial charge in [0.15, 0.2) is 23.8 Å². The van der Waals surface area contributed by atoms with E-state index in [1.54, 1.807) is 30.4 Å². The van der Waals surface area contributed by atoms with Gasteiger partial charge in [-0.3, -0.25) is 28.8 Å². The molecule has 0 spiro atoms. The molecule has 0 saturated carbocycles. The van der Waals surface area contributed by atoms with Crippen LogP contribution in [-0.2, 0) is 28.8 Å². The van der Waals surface area contributed by atoms with Crippen molar-refractivity contribution in [2.45, 2.75) is 36.9 Å². The molecule has 0 fully saturated rings. The highest BCUT2D eigenvalue weighted by Crippen LogP contribution is 2.17. The highest BCUT2D eigenvalue weighted by Gasteiger charge is 2.35. The number of aliphatic hydroxyl groups excluding tert-OH is 1. The van der Waals surface area contributed by atoms with E-state index in [4.69, 9.17) is 51.6 Å². The van der Waals surface area contributed by atoms with Crippen LogP contribution >= 0.6 is 0 Å². The van der Waals surface area contributed by atoms with Crippen molar-refractivity contribution in [3.05, 3.63) is 90.3 Å². The number of rotatable bonds is 22. The molecule has 352 valence electrons. The van der Waals surface area contributed by atoms with Crippen LogP contribution in [0.5, 0.6) is 0 Å². The zero-order chi connectivity index (χ0) is 49.1. The second kappa shape index (κ2) is 24.4. The number of hydrogen-bond donors (Lipinski definition) is 15. The highest BCUT2D eigenvalue weighted by atomic mass is 16.3. The first-order chi connectivity index (χ1) is 31.2. The first kappa shape index (κ1) is 51.1. The Bertz CT molecular complexity index is 2310. The Balaban J connectivity index is 1.90. The summed E-state index contributed by atoms with van der Waals surface area (Å²) in [4.78, 5) is 106. The van der Waals surface area contributed by atoms with E-state index in [-0.39, 0.29) is 18.1 Å². The summed E-state index contributed by atoms with van der Waals surface area (Å²) in [6, 6.07) is 15.1. The summed E-state index contributed by atoms with van der Waals surface area (Å²) >= 11 is 0. The van der Waals surface area contributed by atoms with E-state index in [2.05, 4.69) is 45.9 Å². The van der Waals surface area contributed by atoms with Crippen LogP contribution < -0.4 is 88.0 Å². The van der Waals surface area contributed by atoms with Gasteiger partial charge < -0.3 is 93.1 Å². The maximum atomic E-state index is 14.1. The smallest absolute Gasteiger partial charge is 0.271 e. The summed E-state index contributed by atoms with van der Waals surface area (Å²) in [6.07, 6.45) is -3.91. The number of carbonyl (C=O) groups is 6. The molecule has 0 radical (unpaired) electrons. The predicted molar refractivity (Wildman–Crippen MR) is 243 cm³/mol. The third kappa shape index (κ3) is 16.2. The number of amides is 6. The number of aliphatic imine (C=N–C) groups is 4. The van der Waals surface area contributed by atoms with Gasteiger partial charge in [0.05, 0.1) is 0 Å². The molecule has 29 heteroatoms. The molecule has 0 aliphatic carbocycles. The van der Waals surface area contributed by atoms with Gasteiger partial charge >= 0.3 is 0 Å². The van der Waals surface area contributed by atoms with Gasteiger partial charge in [-0.1, -0.05) is 54.6 Å². The van der Waals surface area contributed by atoms with Crippen molar-refractivity contribution in [1.29, 1.82) is 0 Å². The normalized spacial score (nSPS) is 13.3. The summed E-state index contributed by atoms with van der Waals surface area (Å²) < 4.78 is 0. The summed E-state index contributed by atoms with van der Waals surface area (Å²) in [5.41, 5.74) is 50.7. The second-order valence-electron chi connectivity index (χ2n) is 13.6. The van der Waals surface area contributed by atoms with Crippen molar-refractivity contribution < 1.29 is 33.9 Å².